The number of benzene rings is 11. The Balaban J connectivity index is 0.000000175. The quantitative estimate of drug-likeness (QED) is 0.0512. The van der Waals surface area contributed by atoms with Crippen LogP contribution in [-0.2, 0) is 44.8 Å². The van der Waals surface area contributed by atoms with E-state index in [1.165, 1.54) is 54.1 Å². The number of rotatable bonds is 6. The van der Waals surface area contributed by atoms with Gasteiger partial charge in [-0.05, 0) is 132 Å². The fourth-order valence-corrected chi connectivity index (χ4v) is 16.0. The van der Waals surface area contributed by atoms with Crippen molar-refractivity contribution >= 4 is 90.8 Å². The molecule has 4 heteroatoms. The van der Waals surface area contributed by atoms with Gasteiger partial charge >= 0.3 is 44.8 Å². The molecule has 0 aliphatic heterocycles. The molecule has 11 rings (SSSR count). The second-order valence-electron chi connectivity index (χ2n) is 17.3. The Bertz CT molecular complexity index is 3340. The van der Waals surface area contributed by atoms with Crippen LogP contribution in [0, 0.1) is 52.4 Å². The second-order valence-corrected chi connectivity index (χ2v) is 22.1. The molecule has 0 saturated carbocycles. The first kappa shape index (κ1) is 51.8. The summed E-state index contributed by atoms with van der Waals surface area (Å²) in [5, 5.41) is 17.9. The van der Waals surface area contributed by atoms with Crippen LogP contribution in [0.4, 0.5) is 0 Å². The first-order chi connectivity index (χ1) is 33.3. The summed E-state index contributed by atoms with van der Waals surface area (Å²) in [7, 11) is -2.43. The van der Waals surface area contributed by atoms with Gasteiger partial charge in [-0.2, -0.15) is 0 Å². The number of aryl methyl sites for hydroxylation is 4. The van der Waals surface area contributed by atoms with E-state index in [1.807, 2.05) is 72.8 Å². The number of fused-ring (bicyclic) bond motifs is 4. The molecule has 0 heterocycles. The van der Waals surface area contributed by atoms with Crippen molar-refractivity contribution in [2.24, 2.45) is 0 Å². The molecule has 11 aromatic rings. The van der Waals surface area contributed by atoms with Gasteiger partial charge in [0.05, 0.1) is 0 Å². The van der Waals surface area contributed by atoms with E-state index in [0.29, 0.717) is 0 Å². The number of hydrogen-bond acceptors (Lipinski definition) is 0. The summed E-state index contributed by atoms with van der Waals surface area (Å²) < 4.78 is 0. The smallest absolute Gasteiger partial charge is 0.366 e. The molecule has 70 heavy (non-hydrogen) atoms. The van der Waals surface area contributed by atoms with E-state index in [2.05, 4.69) is 197 Å². The molecule has 0 aliphatic carbocycles. The van der Waals surface area contributed by atoms with E-state index in [9.17, 15) is 0 Å². The summed E-state index contributed by atoms with van der Waals surface area (Å²) in [5.41, 5.74) is 7.17. The zero-order valence-electron chi connectivity index (χ0n) is 39.5. The SMILES string of the molecule is Cc1cccc([PH+](c2ccccc2C)c2ccccc2[PH+](c2cccc(C)c2)c2ccccc2C)c1.[Au+].[Au+].[C-]#Cc1c2ccccc2cc2ccccc12.[C-]#Cc1c2ccccc2cc2ccccc12. The predicted octanol–water partition coefficient (Wildman–Crippen LogP) is 13.8. The average Bonchev–Trinajstić information content (AvgIpc) is 3.37. The van der Waals surface area contributed by atoms with Crippen molar-refractivity contribution in [1.29, 1.82) is 0 Å². The van der Waals surface area contributed by atoms with Crippen LogP contribution in [0.15, 0.2) is 231 Å². The van der Waals surface area contributed by atoms with E-state index in [1.54, 1.807) is 0 Å². The molecule has 346 valence electrons. The Kier molecular flexibility index (Phi) is 17.9. The van der Waals surface area contributed by atoms with Gasteiger partial charge in [0.15, 0.2) is 0 Å². The van der Waals surface area contributed by atoms with Crippen molar-refractivity contribution in [3.05, 3.63) is 277 Å². The van der Waals surface area contributed by atoms with Crippen molar-refractivity contribution in [1.82, 2.24) is 0 Å². The van der Waals surface area contributed by atoms with Crippen molar-refractivity contribution < 1.29 is 44.8 Å². The van der Waals surface area contributed by atoms with E-state index >= 15 is 0 Å². The summed E-state index contributed by atoms with van der Waals surface area (Å²) in [5.74, 6) is 5.13. The van der Waals surface area contributed by atoms with Gasteiger partial charge in [0.1, 0.15) is 47.7 Å². The maximum Gasteiger partial charge on any atom is 1.00 e. The van der Waals surface area contributed by atoms with Crippen LogP contribution in [0.3, 0.4) is 0 Å². The summed E-state index contributed by atoms with van der Waals surface area (Å²) in [6, 6.07) is 82.5. The summed E-state index contributed by atoms with van der Waals surface area (Å²) >= 11 is 0. The van der Waals surface area contributed by atoms with Gasteiger partial charge in [-0.1, -0.05) is 191 Å². The third-order valence-corrected chi connectivity index (χ3v) is 18.9. The molecule has 0 aromatic heterocycles. The van der Waals surface area contributed by atoms with Crippen LogP contribution >= 0.6 is 15.8 Å². The minimum Gasteiger partial charge on any atom is -0.366 e. The van der Waals surface area contributed by atoms with E-state index in [-0.39, 0.29) is 44.8 Å². The first-order valence-electron chi connectivity index (χ1n) is 23.1. The zero-order chi connectivity index (χ0) is 47.0. The minimum absolute atomic E-state index is 0. The van der Waals surface area contributed by atoms with E-state index in [0.717, 1.165) is 54.2 Å². The molecule has 0 saturated heterocycles. The molecule has 2 unspecified atom stereocenters. The Morgan fingerprint density at radius 1 is 0.300 bits per heavy atom. The Morgan fingerprint density at radius 3 is 0.886 bits per heavy atom. The van der Waals surface area contributed by atoms with Gasteiger partial charge in [0.2, 0.25) is 0 Å². The fraction of sp³-hybridized carbons (Fsp3) is 0.0606. The fourth-order valence-electron chi connectivity index (χ4n) is 9.44. The number of hydrogen-bond donors (Lipinski definition) is 0. The van der Waals surface area contributed by atoms with E-state index in [4.69, 9.17) is 12.8 Å². The van der Waals surface area contributed by atoms with Crippen LogP contribution in [-0.4, -0.2) is 0 Å². The van der Waals surface area contributed by atoms with Crippen molar-refractivity contribution in [2.75, 3.05) is 0 Å². The van der Waals surface area contributed by atoms with Crippen LogP contribution in [0.5, 0.6) is 0 Å². The molecule has 0 amide bonds. The topological polar surface area (TPSA) is 0 Å². The molecular weight excluding hydrogens is 1250 g/mol. The predicted molar refractivity (Wildman–Crippen MR) is 301 cm³/mol. The first-order valence-corrected chi connectivity index (χ1v) is 26.1. The monoisotopic (exact) mass is 1300 g/mol. The molecule has 0 nitrogen and oxygen atoms in total. The normalized spacial score (nSPS) is 11.3. The molecule has 0 bridgehead atoms. The Morgan fingerprint density at radius 2 is 0.586 bits per heavy atom. The molecule has 0 radical (unpaired) electrons. The molecular formula is C66H52Au2P2+2. The van der Waals surface area contributed by atoms with Crippen LogP contribution in [0.25, 0.3) is 43.1 Å². The van der Waals surface area contributed by atoms with E-state index < -0.39 is 15.8 Å². The third kappa shape index (κ3) is 11.3. The van der Waals surface area contributed by atoms with Gasteiger partial charge in [0, 0.05) is 0 Å². The third-order valence-electron chi connectivity index (χ3n) is 12.7. The van der Waals surface area contributed by atoms with Gasteiger partial charge in [-0.3, -0.25) is 11.8 Å². The Labute approximate surface area is 448 Å². The second kappa shape index (κ2) is 24.2. The minimum atomic E-state index is -1.22. The molecule has 0 fully saturated rings. The molecule has 0 N–H and O–H groups in total. The van der Waals surface area contributed by atoms with Crippen molar-refractivity contribution in [3.8, 4) is 11.8 Å². The average molecular weight is 1300 g/mol. The summed E-state index contributed by atoms with van der Waals surface area (Å²) in [6.45, 7) is 8.96. The molecule has 0 spiro atoms. The van der Waals surface area contributed by atoms with Crippen molar-refractivity contribution in [3.63, 3.8) is 0 Å². The van der Waals surface area contributed by atoms with Gasteiger partial charge in [-0.15, -0.1) is 11.1 Å². The molecule has 11 aromatic carbocycles. The van der Waals surface area contributed by atoms with Crippen molar-refractivity contribution in [2.45, 2.75) is 27.7 Å². The summed E-state index contributed by atoms with van der Waals surface area (Å²) in [4.78, 5) is 0. The standard InChI is InChI=1S/C34H32P2.2C16H9.2Au/c1-25-13-11-17-29(23-25)35(31-19-7-5-15-27(31)3)33-21-9-10-22-34(33)36(30-18-12-14-26(2)24-30)32-20-8-6-16-28(32)4;2*1-2-14-15-9-5-3-7-12(15)11-13-8-4-6-10-16(13)14;;/h5-24H,1-4H3;2*3-11H;;/q;2*-1;2*+1/p+2. The molecule has 0 aliphatic rings. The largest absolute Gasteiger partial charge is 1.00 e. The van der Waals surface area contributed by atoms with Gasteiger partial charge in [0.25, 0.3) is 0 Å². The molecule has 2 atom stereocenters. The Hall–Kier alpha value is -6.08. The van der Waals surface area contributed by atoms with Gasteiger partial charge < -0.3 is 12.8 Å². The maximum atomic E-state index is 7.46. The summed E-state index contributed by atoms with van der Waals surface area (Å²) in [6.07, 6.45) is 14.9. The van der Waals surface area contributed by atoms with Crippen LogP contribution < -0.4 is 31.8 Å². The van der Waals surface area contributed by atoms with Crippen LogP contribution in [0.2, 0.25) is 0 Å². The maximum absolute atomic E-state index is 7.46. The zero-order valence-corrected chi connectivity index (χ0v) is 45.9. The van der Waals surface area contributed by atoms with Crippen LogP contribution in [0.1, 0.15) is 33.4 Å². The van der Waals surface area contributed by atoms with Gasteiger partial charge in [-0.25, -0.2) is 0 Å².